The summed E-state index contributed by atoms with van der Waals surface area (Å²) in [5.74, 6) is -0.397. The third-order valence-electron chi connectivity index (χ3n) is 2.72. The van der Waals surface area contributed by atoms with Crippen LogP contribution in [0, 0.1) is 0 Å². The molecule has 3 nitrogen and oxygen atoms in total. The summed E-state index contributed by atoms with van der Waals surface area (Å²) in [7, 11) is 0. The summed E-state index contributed by atoms with van der Waals surface area (Å²) in [5.41, 5.74) is 0.926. The molecule has 0 aliphatic heterocycles. The van der Waals surface area contributed by atoms with E-state index in [-0.39, 0.29) is 11.7 Å². The van der Waals surface area contributed by atoms with E-state index >= 15 is 0 Å². The Hall–Kier alpha value is -1.55. The Bertz CT molecular complexity index is 482. The molecular formula is C16H20O3S. The van der Waals surface area contributed by atoms with E-state index in [0.717, 1.165) is 17.3 Å². The minimum atomic E-state index is -0.962. The first-order valence-electron chi connectivity index (χ1n) is 6.58. The van der Waals surface area contributed by atoms with Crippen LogP contribution in [0.15, 0.2) is 42.5 Å². The zero-order chi connectivity index (χ0) is 15.0. The van der Waals surface area contributed by atoms with Gasteiger partial charge < -0.3 is 4.74 Å². The maximum absolute atomic E-state index is 12.2. The fourth-order valence-corrected chi connectivity index (χ4v) is 2.60. The molecule has 1 atom stereocenters. The molecule has 1 aromatic carbocycles. The lowest BCUT2D eigenvalue weighted by atomic mass is 10.1. The van der Waals surface area contributed by atoms with Gasteiger partial charge in [0.15, 0.2) is 5.12 Å². The molecule has 0 saturated heterocycles. The summed E-state index contributed by atoms with van der Waals surface area (Å²) < 4.78 is 4.37. The van der Waals surface area contributed by atoms with Crippen molar-refractivity contribution in [2.75, 3.05) is 0 Å². The van der Waals surface area contributed by atoms with Gasteiger partial charge in [0.25, 0.3) is 0 Å². The highest BCUT2D eigenvalue weighted by Gasteiger charge is 2.35. The molecular weight excluding hydrogens is 272 g/mol. The second-order valence-corrected chi connectivity index (χ2v) is 6.00. The van der Waals surface area contributed by atoms with Crippen LogP contribution in [-0.4, -0.2) is 15.8 Å². The lowest BCUT2D eigenvalue weighted by Gasteiger charge is -2.22. The molecule has 0 spiro atoms. The van der Waals surface area contributed by atoms with Crippen molar-refractivity contribution in [1.82, 2.24) is 0 Å². The number of thioether (sulfide) groups is 1. The number of benzene rings is 1. The predicted octanol–water partition coefficient (Wildman–Crippen LogP) is 3.73. The second kappa shape index (κ2) is 7.90. The number of hydrogen-bond acceptors (Lipinski definition) is 4. The Morgan fingerprint density at radius 3 is 2.50 bits per heavy atom. The third kappa shape index (κ3) is 4.85. The van der Waals surface area contributed by atoms with Gasteiger partial charge in [-0.15, -0.1) is 0 Å². The van der Waals surface area contributed by atoms with Crippen LogP contribution in [0.2, 0.25) is 0 Å². The van der Waals surface area contributed by atoms with Crippen molar-refractivity contribution < 1.29 is 14.3 Å². The largest absolute Gasteiger partial charge is 0.460 e. The van der Waals surface area contributed by atoms with E-state index in [9.17, 15) is 9.59 Å². The fourth-order valence-electron chi connectivity index (χ4n) is 1.64. The first kappa shape index (κ1) is 16.5. The maximum atomic E-state index is 12.2. The zero-order valence-electron chi connectivity index (χ0n) is 12.1. The van der Waals surface area contributed by atoms with Crippen molar-refractivity contribution in [2.24, 2.45) is 0 Å². The number of esters is 1. The SMILES string of the molecule is CC=C[C@](C)(SC(=O)CC)C(=O)OCc1ccccc1. The highest BCUT2D eigenvalue weighted by Crippen LogP contribution is 2.30. The Labute approximate surface area is 124 Å². The highest BCUT2D eigenvalue weighted by atomic mass is 32.2. The summed E-state index contributed by atoms with van der Waals surface area (Å²) >= 11 is 1.01. The van der Waals surface area contributed by atoms with Gasteiger partial charge in [-0.3, -0.25) is 9.59 Å². The Morgan fingerprint density at radius 2 is 1.95 bits per heavy atom. The van der Waals surface area contributed by atoms with Crippen molar-refractivity contribution in [1.29, 1.82) is 0 Å². The Kier molecular flexibility index (Phi) is 6.52. The zero-order valence-corrected chi connectivity index (χ0v) is 12.9. The second-order valence-electron chi connectivity index (χ2n) is 4.50. The van der Waals surface area contributed by atoms with E-state index in [1.54, 1.807) is 26.0 Å². The molecule has 0 aliphatic carbocycles. The standard InChI is InChI=1S/C16H20O3S/c1-4-11-16(3,20-14(17)5-2)15(18)19-12-13-9-7-6-8-10-13/h4,6-11H,5,12H2,1-3H3/t16-/m0/s1. The molecule has 0 N–H and O–H groups in total. The van der Waals surface area contributed by atoms with Gasteiger partial charge in [0, 0.05) is 6.42 Å². The average molecular weight is 292 g/mol. The van der Waals surface area contributed by atoms with Gasteiger partial charge in [0.05, 0.1) is 0 Å². The molecule has 108 valence electrons. The number of hydrogen-bond donors (Lipinski definition) is 0. The van der Waals surface area contributed by atoms with Crippen LogP contribution in [0.1, 0.15) is 32.8 Å². The van der Waals surface area contributed by atoms with Gasteiger partial charge in [0.1, 0.15) is 11.4 Å². The molecule has 0 fully saturated rings. The van der Waals surface area contributed by atoms with Crippen molar-refractivity contribution in [3.05, 3.63) is 48.0 Å². The molecule has 0 radical (unpaired) electrons. The maximum Gasteiger partial charge on any atom is 0.326 e. The van der Waals surface area contributed by atoms with Gasteiger partial charge in [-0.1, -0.05) is 61.2 Å². The number of carbonyl (C=O) groups is 2. The van der Waals surface area contributed by atoms with Crippen LogP contribution in [0.25, 0.3) is 0 Å². The van der Waals surface area contributed by atoms with E-state index in [1.807, 2.05) is 37.3 Å². The average Bonchev–Trinajstić information content (AvgIpc) is 2.45. The minimum Gasteiger partial charge on any atom is -0.460 e. The molecule has 0 aromatic heterocycles. The highest BCUT2D eigenvalue weighted by molar-refractivity contribution is 8.15. The molecule has 0 unspecified atom stereocenters. The predicted molar refractivity (Wildman–Crippen MR) is 82.3 cm³/mol. The van der Waals surface area contributed by atoms with Crippen LogP contribution >= 0.6 is 11.8 Å². The summed E-state index contributed by atoms with van der Waals surface area (Å²) in [4.78, 5) is 23.8. The molecule has 4 heteroatoms. The third-order valence-corrected chi connectivity index (χ3v) is 3.96. The first-order chi connectivity index (χ1) is 9.51. The van der Waals surface area contributed by atoms with Gasteiger partial charge in [-0.25, -0.2) is 0 Å². The van der Waals surface area contributed by atoms with Crippen LogP contribution in [-0.2, 0) is 20.9 Å². The fraction of sp³-hybridized carbons (Fsp3) is 0.375. The topological polar surface area (TPSA) is 43.4 Å². The smallest absolute Gasteiger partial charge is 0.326 e. The molecule has 1 aromatic rings. The lowest BCUT2D eigenvalue weighted by molar-refractivity contribution is -0.146. The van der Waals surface area contributed by atoms with Crippen molar-refractivity contribution >= 4 is 22.8 Å². The quantitative estimate of drug-likeness (QED) is 0.592. The Morgan fingerprint density at radius 1 is 1.30 bits per heavy atom. The van der Waals surface area contributed by atoms with Crippen molar-refractivity contribution in [2.45, 2.75) is 38.5 Å². The molecule has 0 aliphatic rings. The minimum absolute atomic E-state index is 0.0257. The molecule has 0 saturated carbocycles. The van der Waals surface area contributed by atoms with Gasteiger partial charge in [-0.2, -0.15) is 0 Å². The van der Waals surface area contributed by atoms with E-state index in [0.29, 0.717) is 6.42 Å². The van der Waals surface area contributed by atoms with E-state index in [1.165, 1.54) is 0 Å². The monoisotopic (exact) mass is 292 g/mol. The summed E-state index contributed by atoms with van der Waals surface area (Å²) in [5, 5.41) is -0.0257. The van der Waals surface area contributed by atoms with Crippen LogP contribution in [0.3, 0.4) is 0 Å². The van der Waals surface area contributed by atoms with Crippen LogP contribution in [0.5, 0.6) is 0 Å². The number of rotatable bonds is 6. The summed E-state index contributed by atoms with van der Waals surface area (Å²) in [6.07, 6.45) is 3.86. The molecule has 20 heavy (non-hydrogen) atoms. The number of carbonyl (C=O) groups excluding carboxylic acids is 2. The van der Waals surface area contributed by atoms with Crippen LogP contribution in [0.4, 0.5) is 0 Å². The van der Waals surface area contributed by atoms with Gasteiger partial charge in [-0.05, 0) is 19.4 Å². The Balaban J connectivity index is 2.71. The molecule has 1 rings (SSSR count). The number of allylic oxidation sites excluding steroid dienone is 1. The van der Waals surface area contributed by atoms with Crippen molar-refractivity contribution in [3.8, 4) is 0 Å². The summed E-state index contributed by atoms with van der Waals surface area (Å²) in [6, 6.07) is 9.48. The molecule has 0 bridgehead atoms. The first-order valence-corrected chi connectivity index (χ1v) is 7.40. The van der Waals surface area contributed by atoms with Gasteiger partial charge >= 0.3 is 5.97 Å². The van der Waals surface area contributed by atoms with Crippen LogP contribution < -0.4 is 0 Å². The number of ether oxygens (including phenoxy) is 1. The van der Waals surface area contributed by atoms with Crippen molar-refractivity contribution in [3.63, 3.8) is 0 Å². The molecule has 0 amide bonds. The van der Waals surface area contributed by atoms with E-state index in [2.05, 4.69) is 0 Å². The van der Waals surface area contributed by atoms with Gasteiger partial charge in [0.2, 0.25) is 0 Å². The lowest BCUT2D eigenvalue weighted by Crippen LogP contribution is -2.32. The molecule has 0 heterocycles. The van der Waals surface area contributed by atoms with E-state index < -0.39 is 10.7 Å². The summed E-state index contributed by atoms with van der Waals surface area (Å²) in [6.45, 7) is 5.52. The van der Waals surface area contributed by atoms with E-state index in [4.69, 9.17) is 4.74 Å². The normalized spacial score (nSPS) is 13.9.